The SMILES string of the molecule is CCc1ccc(N)cc1S(=O)(=O)NCCCn1ccnc1. The number of nitrogens with one attached hydrogen (secondary N) is 1. The van der Waals surface area contributed by atoms with Crippen molar-refractivity contribution < 1.29 is 8.42 Å². The summed E-state index contributed by atoms with van der Waals surface area (Å²) in [4.78, 5) is 4.21. The Morgan fingerprint density at radius 2 is 2.19 bits per heavy atom. The van der Waals surface area contributed by atoms with Crippen molar-refractivity contribution in [3.63, 3.8) is 0 Å². The number of sulfonamides is 1. The summed E-state index contributed by atoms with van der Waals surface area (Å²) in [6.45, 7) is 3.02. The average Bonchev–Trinajstić information content (AvgIpc) is 2.97. The molecular formula is C14H20N4O2S. The molecule has 0 saturated heterocycles. The first-order valence-electron chi connectivity index (χ1n) is 6.86. The van der Waals surface area contributed by atoms with E-state index in [1.807, 2.05) is 17.7 Å². The standard InChI is InChI=1S/C14H20N4O2S/c1-2-12-4-5-13(15)10-14(12)21(19,20)17-6-3-8-18-9-7-16-11-18/h4-5,7,9-11,17H,2-3,6,8,15H2,1H3. The van der Waals surface area contributed by atoms with Gasteiger partial charge in [0.15, 0.2) is 0 Å². The summed E-state index contributed by atoms with van der Waals surface area (Å²) in [5.41, 5.74) is 6.92. The van der Waals surface area contributed by atoms with Gasteiger partial charge in [0.1, 0.15) is 0 Å². The number of nitrogen functional groups attached to an aromatic ring is 1. The summed E-state index contributed by atoms with van der Waals surface area (Å²) in [7, 11) is -3.52. The fraction of sp³-hybridized carbons (Fsp3) is 0.357. The van der Waals surface area contributed by atoms with Crippen LogP contribution in [0.5, 0.6) is 0 Å². The number of hydrogen-bond donors (Lipinski definition) is 2. The summed E-state index contributed by atoms with van der Waals surface area (Å²) >= 11 is 0. The Morgan fingerprint density at radius 1 is 1.38 bits per heavy atom. The van der Waals surface area contributed by atoms with Crippen molar-refractivity contribution in [2.24, 2.45) is 0 Å². The number of benzene rings is 1. The van der Waals surface area contributed by atoms with E-state index in [1.54, 1.807) is 24.7 Å². The highest BCUT2D eigenvalue weighted by atomic mass is 32.2. The van der Waals surface area contributed by atoms with E-state index in [1.165, 1.54) is 6.07 Å². The minimum atomic E-state index is -3.52. The molecule has 0 radical (unpaired) electrons. The Kier molecular flexibility index (Phi) is 4.98. The predicted octanol–water partition coefficient (Wildman–Crippen LogP) is 1.40. The second kappa shape index (κ2) is 6.73. The number of aromatic nitrogens is 2. The third-order valence-corrected chi connectivity index (χ3v) is 4.75. The maximum atomic E-state index is 12.3. The Balaban J connectivity index is 1.99. The van der Waals surface area contributed by atoms with Gasteiger partial charge in [-0.3, -0.25) is 0 Å². The minimum absolute atomic E-state index is 0.271. The van der Waals surface area contributed by atoms with Crippen LogP contribution >= 0.6 is 0 Å². The number of aryl methyl sites for hydroxylation is 2. The number of rotatable bonds is 7. The molecule has 0 aliphatic rings. The lowest BCUT2D eigenvalue weighted by Gasteiger charge is -2.11. The number of nitrogens with two attached hydrogens (primary N) is 1. The molecule has 21 heavy (non-hydrogen) atoms. The molecule has 2 aromatic rings. The van der Waals surface area contributed by atoms with Crippen molar-refractivity contribution in [3.8, 4) is 0 Å². The lowest BCUT2D eigenvalue weighted by Crippen LogP contribution is -2.26. The average molecular weight is 308 g/mol. The van der Waals surface area contributed by atoms with Crippen LogP contribution < -0.4 is 10.5 Å². The van der Waals surface area contributed by atoms with Crippen molar-refractivity contribution in [3.05, 3.63) is 42.5 Å². The van der Waals surface area contributed by atoms with Gasteiger partial charge in [-0.25, -0.2) is 18.1 Å². The van der Waals surface area contributed by atoms with Gasteiger partial charge in [0.05, 0.1) is 11.2 Å². The summed E-state index contributed by atoms with van der Waals surface area (Å²) in [6, 6.07) is 4.99. The van der Waals surface area contributed by atoms with E-state index in [0.29, 0.717) is 25.1 Å². The van der Waals surface area contributed by atoms with Gasteiger partial charge in [-0.2, -0.15) is 0 Å². The molecule has 3 N–H and O–H groups in total. The van der Waals surface area contributed by atoms with Crippen molar-refractivity contribution in [2.45, 2.75) is 31.2 Å². The molecule has 0 aliphatic carbocycles. The van der Waals surface area contributed by atoms with Gasteiger partial charge in [0, 0.05) is 31.2 Å². The molecule has 114 valence electrons. The number of hydrogen-bond acceptors (Lipinski definition) is 4. The Morgan fingerprint density at radius 3 is 2.86 bits per heavy atom. The van der Waals surface area contributed by atoms with Crippen LogP contribution in [0.3, 0.4) is 0 Å². The quantitative estimate of drug-likeness (QED) is 0.597. The molecule has 0 unspecified atom stereocenters. The van der Waals surface area contributed by atoms with Gasteiger partial charge in [-0.15, -0.1) is 0 Å². The Labute approximate surface area is 125 Å². The first-order valence-corrected chi connectivity index (χ1v) is 8.35. The molecule has 0 saturated carbocycles. The van der Waals surface area contributed by atoms with E-state index in [-0.39, 0.29) is 4.90 Å². The fourth-order valence-electron chi connectivity index (χ4n) is 2.08. The number of nitrogens with zero attached hydrogens (tertiary/aromatic N) is 2. The molecule has 0 bridgehead atoms. The molecule has 7 heteroatoms. The van der Waals surface area contributed by atoms with Crippen molar-refractivity contribution >= 4 is 15.7 Å². The molecule has 1 aromatic heterocycles. The van der Waals surface area contributed by atoms with Crippen molar-refractivity contribution in [1.82, 2.24) is 14.3 Å². The van der Waals surface area contributed by atoms with Crippen molar-refractivity contribution in [2.75, 3.05) is 12.3 Å². The topological polar surface area (TPSA) is 90.0 Å². The third-order valence-electron chi connectivity index (χ3n) is 3.21. The zero-order valence-electron chi connectivity index (χ0n) is 12.0. The molecule has 0 fully saturated rings. The van der Waals surface area contributed by atoms with Gasteiger partial charge in [0.25, 0.3) is 0 Å². The minimum Gasteiger partial charge on any atom is -0.399 e. The largest absolute Gasteiger partial charge is 0.399 e. The van der Waals surface area contributed by atoms with E-state index in [0.717, 1.165) is 12.1 Å². The monoisotopic (exact) mass is 308 g/mol. The van der Waals surface area contributed by atoms with E-state index in [9.17, 15) is 8.42 Å². The summed E-state index contributed by atoms with van der Waals surface area (Å²) in [6.07, 6.45) is 6.60. The molecule has 0 atom stereocenters. The normalized spacial score (nSPS) is 11.7. The second-order valence-electron chi connectivity index (χ2n) is 4.77. The van der Waals surface area contributed by atoms with Crippen LogP contribution in [0.1, 0.15) is 18.9 Å². The fourth-order valence-corrected chi connectivity index (χ4v) is 3.50. The first kappa shape index (κ1) is 15.5. The van der Waals surface area contributed by atoms with Crippen LogP contribution in [-0.4, -0.2) is 24.5 Å². The smallest absolute Gasteiger partial charge is 0.240 e. The van der Waals surface area contributed by atoms with Gasteiger partial charge in [-0.1, -0.05) is 13.0 Å². The van der Waals surface area contributed by atoms with Crippen LogP contribution in [0.4, 0.5) is 5.69 Å². The third kappa shape index (κ3) is 4.05. The maximum absolute atomic E-state index is 12.3. The van der Waals surface area contributed by atoms with E-state index in [2.05, 4.69) is 9.71 Å². The van der Waals surface area contributed by atoms with Crippen LogP contribution in [0.25, 0.3) is 0 Å². The zero-order chi connectivity index (χ0) is 15.3. The van der Waals surface area contributed by atoms with Gasteiger partial charge in [-0.05, 0) is 30.5 Å². The Hall–Kier alpha value is -1.86. The zero-order valence-corrected chi connectivity index (χ0v) is 12.8. The molecular weight excluding hydrogens is 288 g/mol. The van der Waals surface area contributed by atoms with E-state index in [4.69, 9.17) is 5.73 Å². The summed E-state index contributed by atoms with van der Waals surface area (Å²) < 4.78 is 29.2. The summed E-state index contributed by atoms with van der Waals surface area (Å²) in [5, 5.41) is 0. The number of imidazole rings is 1. The lowest BCUT2D eigenvalue weighted by atomic mass is 10.1. The maximum Gasteiger partial charge on any atom is 0.240 e. The van der Waals surface area contributed by atoms with Crippen LogP contribution in [0.15, 0.2) is 41.8 Å². The van der Waals surface area contributed by atoms with Crippen LogP contribution in [0.2, 0.25) is 0 Å². The highest BCUT2D eigenvalue weighted by Crippen LogP contribution is 2.19. The van der Waals surface area contributed by atoms with Crippen molar-refractivity contribution in [1.29, 1.82) is 0 Å². The van der Waals surface area contributed by atoms with E-state index >= 15 is 0 Å². The van der Waals surface area contributed by atoms with Gasteiger partial charge in [0.2, 0.25) is 10.0 Å². The molecule has 6 nitrogen and oxygen atoms in total. The van der Waals surface area contributed by atoms with Crippen LogP contribution in [-0.2, 0) is 23.0 Å². The molecule has 1 heterocycles. The molecule has 1 aromatic carbocycles. The second-order valence-corrected chi connectivity index (χ2v) is 6.51. The van der Waals surface area contributed by atoms with Crippen LogP contribution in [0, 0.1) is 0 Å². The molecule has 2 rings (SSSR count). The van der Waals surface area contributed by atoms with Gasteiger partial charge < -0.3 is 10.3 Å². The molecule has 0 spiro atoms. The molecule has 0 amide bonds. The summed E-state index contributed by atoms with van der Waals surface area (Å²) in [5.74, 6) is 0. The van der Waals surface area contributed by atoms with E-state index < -0.39 is 10.0 Å². The highest BCUT2D eigenvalue weighted by molar-refractivity contribution is 7.89. The molecule has 0 aliphatic heterocycles. The Bertz CT molecular complexity index is 681. The van der Waals surface area contributed by atoms with Gasteiger partial charge >= 0.3 is 0 Å². The number of anilines is 1. The first-order chi connectivity index (χ1) is 10.0. The predicted molar refractivity (Wildman–Crippen MR) is 82.3 cm³/mol. The lowest BCUT2D eigenvalue weighted by molar-refractivity contribution is 0.569. The highest BCUT2D eigenvalue weighted by Gasteiger charge is 2.17.